The third-order valence-corrected chi connectivity index (χ3v) is 3.85. The summed E-state index contributed by atoms with van der Waals surface area (Å²) in [5, 5.41) is 9.82. The molecule has 2 rings (SSSR count). The number of hydrogen-bond donors (Lipinski definition) is 0. The molecule has 1 aromatic carbocycles. The third kappa shape index (κ3) is 2.73. The molecule has 17 heavy (non-hydrogen) atoms. The Labute approximate surface area is 108 Å². The van der Waals surface area contributed by atoms with Gasteiger partial charge in [0.15, 0.2) is 0 Å². The number of benzene rings is 1. The van der Waals surface area contributed by atoms with E-state index in [1.165, 1.54) is 19.3 Å². The fourth-order valence-electron chi connectivity index (χ4n) is 2.44. The normalized spacial score (nSPS) is 16.9. The Hall–Kier alpha value is -1.20. The van der Waals surface area contributed by atoms with Gasteiger partial charge in [0.25, 0.3) is 0 Å². The quantitative estimate of drug-likeness (QED) is 0.795. The first kappa shape index (κ1) is 12.3. The highest BCUT2D eigenvalue weighted by Crippen LogP contribution is 2.29. The molecule has 0 amide bonds. The summed E-state index contributed by atoms with van der Waals surface area (Å²) in [6, 6.07) is 7.74. The van der Waals surface area contributed by atoms with E-state index < -0.39 is 0 Å². The average molecular weight is 249 g/mol. The van der Waals surface area contributed by atoms with Crippen molar-refractivity contribution in [3.05, 3.63) is 28.8 Å². The molecule has 2 nitrogen and oxygen atoms in total. The molecule has 0 aliphatic carbocycles. The summed E-state index contributed by atoms with van der Waals surface area (Å²) in [4.78, 5) is 2.29. The lowest BCUT2D eigenvalue weighted by Crippen LogP contribution is -2.33. The zero-order chi connectivity index (χ0) is 12.3. The van der Waals surface area contributed by atoms with Gasteiger partial charge in [0, 0.05) is 18.1 Å². The lowest BCUT2D eigenvalue weighted by molar-refractivity contribution is 0.395. The largest absolute Gasteiger partial charge is 0.370 e. The van der Waals surface area contributed by atoms with E-state index in [1.807, 2.05) is 12.1 Å². The first-order chi connectivity index (χ1) is 8.24. The monoisotopic (exact) mass is 248 g/mol. The van der Waals surface area contributed by atoms with Crippen LogP contribution in [0.25, 0.3) is 0 Å². The summed E-state index contributed by atoms with van der Waals surface area (Å²) >= 11 is 6.01. The molecule has 1 fully saturated rings. The number of hydrogen-bond acceptors (Lipinski definition) is 2. The molecular formula is C14H17ClN2. The van der Waals surface area contributed by atoms with Gasteiger partial charge in [0.05, 0.1) is 11.3 Å². The van der Waals surface area contributed by atoms with Crippen LogP contribution in [0.2, 0.25) is 5.02 Å². The van der Waals surface area contributed by atoms with Crippen LogP contribution in [-0.2, 0) is 0 Å². The van der Waals surface area contributed by atoms with Crippen LogP contribution in [0.15, 0.2) is 18.2 Å². The second kappa shape index (κ2) is 5.42. The van der Waals surface area contributed by atoms with Gasteiger partial charge in [-0.3, -0.25) is 0 Å². The fraction of sp³-hybridized carbons (Fsp3) is 0.500. The Kier molecular flexibility index (Phi) is 3.91. The molecule has 0 atom stereocenters. The standard InChI is InChI=1S/C14H17ClN2/c1-2-11-5-7-17(8-6-11)14-9-13(15)4-3-12(14)10-16/h3-4,9,11H,2,5-8H2,1H3. The summed E-state index contributed by atoms with van der Waals surface area (Å²) in [6.45, 7) is 4.32. The highest BCUT2D eigenvalue weighted by molar-refractivity contribution is 6.30. The Balaban J connectivity index is 2.18. The van der Waals surface area contributed by atoms with Crippen LogP contribution in [0.1, 0.15) is 31.7 Å². The van der Waals surface area contributed by atoms with Crippen LogP contribution in [0.3, 0.4) is 0 Å². The lowest BCUT2D eigenvalue weighted by Gasteiger charge is -2.33. The smallest absolute Gasteiger partial charge is 0.101 e. The molecule has 0 unspecified atom stereocenters. The van der Waals surface area contributed by atoms with Crippen molar-refractivity contribution in [2.24, 2.45) is 5.92 Å². The van der Waals surface area contributed by atoms with Crippen molar-refractivity contribution in [1.82, 2.24) is 0 Å². The van der Waals surface area contributed by atoms with Gasteiger partial charge in [-0.15, -0.1) is 0 Å². The lowest BCUT2D eigenvalue weighted by atomic mass is 9.94. The molecule has 1 aliphatic rings. The molecule has 0 spiro atoms. The van der Waals surface area contributed by atoms with Crippen molar-refractivity contribution in [3.8, 4) is 6.07 Å². The Morgan fingerprint density at radius 2 is 2.12 bits per heavy atom. The van der Waals surface area contributed by atoms with Gasteiger partial charge in [-0.25, -0.2) is 0 Å². The number of nitrogens with zero attached hydrogens (tertiary/aromatic N) is 2. The number of nitriles is 1. The Morgan fingerprint density at radius 3 is 2.71 bits per heavy atom. The van der Waals surface area contributed by atoms with Crippen LogP contribution < -0.4 is 4.90 Å². The van der Waals surface area contributed by atoms with E-state index >= 15 is 0 Å². The summed E-state index contributed by atoms with van der Waals surface area (Å²) in [7, 11) is 0. The van der Waals surface area contributed by atoms with Crippen LogP contribution in [0.4, 0.5) is 5.69 Å². The zero-order valence-corrected chi connectivity index (χ0v) is 10.9. The number of piperidine rings is 1. The Bertz CT molecular complexity index is 428. The van der Waals surface area contributed by atoms with Gasteiger partial charge in [-0.2, -0.15) is 5.26 Å². The Morgan fingerprint density at radius 1 is 1.41 bits per heavy atom. The van der Waals surface area contributed by atoms with E-state index in [9.17, 15) is 0 Å². The van der Waals surface area contributed by atoms with Gasteiger partial charge in [0.2, 0.25) is 0 Å². The highest BCUT2D eigenvalue weighted by Gasteiger charge is 2.20. The minimum absolute atomic E-state index is 0.705. The molecule has 1 saturated heterocycles. The summed E-state index contributed by atoms with van der Waals surface area (Å²) in [5.74, 6) is 0.843. The van der Waals surface area contributed by atoms with E-state index in [2.05, 4.69) is 17.9 Å². The third-order valence-electron chi connectivity index (χ3n) is 3.61. The summed E-state index contributed by atoms with van der Waals surface area (Å²) in [5.41, 5.74) is 1.72. The zero-order valence-electron chi connectivity index (χ0n) is 10.1. The minimum atomic E-state index is 0.705. The molecule has 0 radical (unpaired) electrons. The number of rotatable bonds is 2. The van der Waals surface area contributed by atoms with Crippen LogP contribution in [0.5, 0.6) is 0 Å². The molecule has 1 aliphatic heterocycles. The SMILES string of the molecule is CCC1CCN(c2cc(Cl)ccc2C#N)CC1. The van der Waals surface area contributed by atoms with Gasteiger partial charge in [-0.05, 0) is 37.0 Å². The summed E-state index contributed by atoms with van der Waals surface area (Å²) < 4.78 is 0. The second-order valence-electron chi connectivity index (χ2n) is 4.61. The van der Waals surface area contributed by atoms with Crippen molar-refractivity contribution in [1.29, 1.82) is 5.26 Å². The first-order valence-corrected chi connectivity index (χ1v) is 6.57. The average Bonchev–Trinajstić information content (AvgIpc) is 2.39. The van der Waals surface area contributed by atoms with Crippen molar-refractivity contribution >= 4 is 17.3 Å². The van der Waals surface area contributed by atoms with Gasteiger partial charge in [-0.1, -0.05) is 24.9 Å². The van der Waals surface area contributed by atoms with E-state index in [4.69, 9.17) is 16.9 Å². The molecule has 90 valence electrons. The number of anilines is 1. The van der Waals surface area contributed by atoms with Crippen molar-refractivity contribution in [3.63, 3.8) is 0 Å². The van der Waals surface area contributed by atoms with Crippen LogP contribution >= 0.6 is 11.6 Å². The molecule has 3 heteroatoms. The maximum atomic E-state index is 9.12. The van der Waals surface area contributed by atoms with Gasteiger partial charge in [0.1, 0.15) is 6.07 Å². The van der Waals surface area contributed by atoms with Gasteiger partial charge < -0.3 is 4.90 Å². The molecule has 0 bridgehead atoms. The molecule has 1 aromatic rings. The predicted octanol–water partition coefficient (Wildman–Crippen LogP) is 3.84. The van der Waals surface area contributed by atoms with Crippen molar-refractivity contribution in [2.45, 2.75) is 26.2 Å². The van der Waals surface area contributed by atoms with Crippen LogP contribution in [-0.4, -0.2) is 13.1 Å². The minimum Gasteiger partial charge on any atom is -0.370 e. The van der Waals surface area contributed by atoms with E-state index in [-0.39, 0.29) is 0 Å². The number of halogens is 1. The maximum Gasteiger partial charge on any atom is 0.101 e. The van der Waals surface area contributed by atoms with Crippen molar-refractivity contribution in [2.75, 3.05) is 18.0 Å². The van der Waals surface area contributed by atoms with E-state index in [1.54, 1.807) is 6.07 Å². The van der Waals surface area contributed by atoms with E-state index in [0.717, 1.165) is 30.3 Å². The predicted molar refractivity (Wildman–Crippen MR) is 71.4 cm³/mol. The molecule has 1 heterocycles. The molecule has 0 N–H and O–H groups in total. The van der Waals surface area contributed by atoms with E-state index in [0.29, 0.717) is 5.02 Å². The highest BCUT2D eigenvalue weighted by atomic mass is 35.5. The molecular weight excluding hydrogens is 232 g/mol. The van der Waals surface area contributed by atoms with Crippen molar-refractivity contribution < 1.29 is 0 Å². The first-order valence-electron chi connectivity index (χ1n) is 6.19. The molecule has 0 saturated carbocycles. The molecule has 0 aromatic heterocycles. The maximum absolute atomic E-state index is 9.12. The fourth-order valence-corrected chi connectivity index (χ4v) is 2.61. The summed E-state index contributed by atoms with van der Waals surface area (Å²) in [6.07, 6.45) is 3.69. The second-order valence-corrected chi connectivity index (χ2v) is 5.05. The van der Waals surface area contributed by atoms with Crippen LogP contribution in [0, 0.1) is 17.2 Å². The van der Waals surface area contributed by atoms with Gasteiger partial charge >= 0.3 is 0 Å². The topological polar surface area (TPSA) is 27.0 Å².